The first kappa shape index (κ1) is 16.6. The lowest BCUT2D eigenvalue weighted by Crippen LogP contribution is -2.19. The lowest BCUT2D eigenvalue weighted by molar-refractivity contribution is -0.112. The van der Waals surface area contributed by atoms with Crippen LogP contribution in [-0.2, 0) is 4.79 Å². The number of allylic oxidation sites excluding steroid dienone is 1. The zero-order valence-corrected chi connectivity index (χ0v) is 13.3. The Labute approximate surface area is 142 Å². The Morgan fingerprint density at radius 2 is 1.64 bits per heavy atom. The third-order valence-corrected chi connectivity index (χ3v) is 3.97. The molecule has 0 fully saturated rings. The van der Waals surface area contributed by atoms with E-state index in [1.807, 2.05) is 6.07 Å². The molecule has 0 spiro atoms. The minimum absolute atomic E-state index is 0.125. The fraction of sp³-hybridized carbons (Fsp3) is 0.0526. The molecule has 4 nitrogen and oxygen atoms in total. The molecule has 0 radical (unpaired) electrons. The van der Waals surface area contributed by atoms with Crippen LogP contribution >= 0.6 is 0 Å². The molecule has 0 aliphatic carbocycles. The van der Waals surface area contributed by atoms with Crippen molar-refractivity contribution in [2.24, 2.45) is 5.73 Å². The molecule has 25 heavy (non-hydrogen) atoms. The second-order valence-electron chi connectivity index (χ2n) is 5.50. The van der Waals surface area contributed by atoms with Crippen LogP contribution in [0.15, 0.2) is 60.3 Å². The number of pyridine rings is 1. The smallest absolute Gasteiger partial charge is 0.249 e. The van der Waals surface area contributed by atoms with Gasteiger partial charge in [-0.1, -0.05) is 12.1 Å². The van der Waals surface area contributed by atoms with Crippen LogP contribution in [0.1, 0.15) is 23.0 Å². The quantitative estimate of drug-likeness (QED) is 0.585. The third kappa shape index (κ3) is 2.82. The summed E-state index contributed by atoms with van der Waals surface area (Å²) in [5.74, 6) is -3.53. The van der Waals surface area contributed by atoms with E-state index in [0.29, 0.717) is 0 Å². The average Bonchev–Trinajstić information content (AvgIpc) is 3.00. The van der Waals surface area contributed by atoms with Crippen LogP contribution in [0.25, 0.3) is 11.1 Å². The monoisotopic (exact) mass is 340 g/mol. The van der Waals surface area contributed by atoms with E-state index < -0.39 is 34.5 Å². The second kappa shape index (κ2) is 6.32. The molecule has 0 saturated carbocycles. The molecule has 0 bridgehead atoms. The zero-order chi connectivity index (χ0) is 18.1. The number of primary amides is 1. The molecule has 2 heterocycles. The number of ketones is 1. The van der Waals surface area contributed by atoms with Crippen molar-refractivity contribution >= 4 is 22.8 Å². The molecule has 0 aliphatic heterocycles. The number of carbonyl (C=O) groups is 2. The summed E-state index contributed by atoms with van der Waals surface area (Å²) in [4.78, 5) is 24.7. The Hall–Kier alpha value is -3.28. The highest BCUT2D eigenvalue weighted by Crippen LogP contribution is 2.27. The number of nitrogens with zero attached hydrogens (tertiary/aromatic N) is 1. The maximum absolute atomic E-state index is 14.1. The number of hydrogen-bond donors (Lipinski definition) is 1. The summed E-state index contributed by atoms with van der Waals surface area (Å²) < 4.78 is 29.8. The minimum Gasteiger partial charge on any atom is -0.366 e. The van der Waals surface area contributed by atoms with E-state index in [-0.39, 0.29) is 11.3 Å². The van der Waals surface area contributed by atoms with Crippen LogP contribution in [0, 0.1) is 11.6 Å². The highest BCUT2D eigenvalue weighted by atomic mass is 19.1. The normalized spacial score (nSPS) is 12.1. The van der Waals surface area contributed by atoms with Crippen LogP contribution < -0.4 is 5.73 Å². The van der Waals surface area contributed by atoms with Crippen molar-refractivity contribution in [3.63, 3.8) is 0 Å². The first-order valence-electron chi connectivity index (χ1n) is 7.47. The summed E-state index contributed by atoms with van der Waals surface area (Å²) in [6.45, 7) is 1.33. The van der Waals surface area contributed by atoms with E-state index in [1.54, 1.807) is 34.9 Å². The lowest BCUT2D eigenvalue weighted by atomic mass is 9.95. The number of fused-ring (bicyclic) bond motifs is 1. The fourth-order valence-electron chi connectivity index (χ4n) is 2.78. The van der Waals surface area contributed by atoms with E-state index in [0.717, 1.165) is 17.6 Å². The number of rotatable bonds is 4. The summed E-state index contributed by atoms with van der Waals surface area (Å²) in [6.07, 6.45) is 1.68. The maximum Gasteiger partial charge on any atom is 0.249 e. The van der Waals surface area contributed by atoms with E-state index in [4.69, 9.17) is 5.73 Å². The van der Waals surface area contributed by atoms with Crippen molar-refractivity contribution in [2.45, 2.75) is 6.92 Å². The molecule has 126 valence electrons. The molecule has 3 aromatic rings. The highest BCUT2D eigenvalue weighted by Gasteiger charge is 2.25. The third-order valence-electron chi connectivity index (χ3n) is 3.97. The van der Waals surface area contributed by atoms with Crippen LogP contribution in [-0.4, -0.2) is 16.1 Å². The van der Waals surface area contributed by atoms with Gasteiger partial charge in [-0.15, -0.1) is 0 Å². The number of halogens is 2. The van der Waals surface area contributed by atoms with E-state index in [9.17, 15) is 18.4 Å². The van der Waals surface area contributed by atoms with Gasteiger partial charge < -0.3 is 10.1 Å². The van der Waals surface area contributed by atoms with Crippen molar-refractivity contribution in [3.05, 3.63) is 83.2 Å². The Balaban J connectivity index is 2.22. The summed E-state index contributed by atoms with van der Waals surface area (Å²) >= 11 is 0. The Kier molecular flexibility index (Phi) is 4.19. The molecular formula is C19H14F2N2O2. The van der Waals surface area contributed by atoms with Gasteiger partial charge in [0.25, 0.3) is 0 Å². The van der Waals surface area contributed by atoms with E-state index in [2.05, 4.69) is 0 Å². The SMILES string of the molecule is CC(C(=O)c1ccc2ccccn12)=C(C(N)=O)c1c(F)cccc1F. The van der Waals surface area contributed by atoms with Gasteiger partial charge >= 0.3 is 0 Å². The Bertz CT molecular complexity index is 1010. The average molecular weight is 340 g/mol. The molecular weight excluding hydrogens is 326 g/mol. The van der Waals surface area contributed by atoms with E-state index in [1.165, 1.54) is 13.0 Å². The number of benzene rings is 1. The Morgan fingerprint density at radius 3 is 2.28 bits per heavy atom. The first-order valence-corrected chi connectivity index (χ1v) is 7.47. The Morgan fingerprint density at radius 1 is 0.960 bits per heavy atom. The van der Waals surface area contributed by atoms with Gasteiger partial charge in [0.05, 0.1) is 16.8 Å². The topological polar surface area (TPSA) is 64.6 Å². The van der Waals surface area contributed by atoms with Crippen LogP contribution in [0.4, 0.5) is 8.78 Å². The van der Waals surface area contributed by atoms with Gasteiger partial charge in [0, 0.05) is 17.3 Å². The summed E-state index contributed by atoms with van der Waals surface area (Å²) in [5.41, 5.74) is 5.18. The van der Waals surface area contributed by atoms with Crippen molar-refractivity contribution in [1.29, 1.82) is 0 Å². The van der Waals surface area contributed by atoms with Crippen molar-refractivity contribution in [1.82, 2.24) is 4.40 Å². The van der Waals surface area contributed by atoms with Gasteiger partial charge in [-0.05, 0) is 43.3 Å². The number of nitrogens with two attached hydrogens (primary N) is 1. The molecule has 1 aromatic carbocycles. The largest absolute Gasteiger partial charge is 0.366 e. The second-order valence-corrected chi connectivity index (χ2v) is 5.50. The zero-order valence-electron chi connectivity index (χ0n) is 13.3. The predicted octanol–water partition coefficient (Wildman–Crippen LogP) is 3.36. The molecule has 6 heteroatoms. The fourth-order valence-corrected chi connectivity index (χ4v) is 2.78. The van der Waals surface area contributed by atoms with E-state index >= 15 is 0 Å². The maximum atomic E-state index is 14.1. The van der Waals surface area contributed by atoms with Gasteiger partial charge in [-0.25, -0.2) is 8.78 Å². The number of hydrogen-bond acceptors (Lipinski definition) is 2. The van der Waals surface area contributed by atoms with Gasteiger partial charge in [0.15, 0.2) is 0 Å². The van der Waals surface area contributed by atoms with Crippen molar-refractivity contribution in [2.75, 3.05) is 0 Å². The number of Topliss-reactive ketones (excluding diaryl/α,β-unsaturated/α-hetero) is 1. The standard InChI is InChI=1S/C19H14F2N2O2/c1-11(16(19(22)25)17-13(20)6-4-7-14(17)21)18(24)15-9-8-12-5-2-3-10-23(12)15/h2-10H,1H3,(H2,22,25). The first-order chi connectivity index (χ1) is 11.9. The molecule has 2 aromatic heterocycles. The molecule has 0 atom stereocenters. The van der Waals surface area contributed by atoms with Crippen LogP contribution in [0.2, 0.25) is 0 Å². The van der Waals surface area contributed by atoms with Gasteiger partial charge in [0.1, 0.15) is 11.6 Å². The van der Waals surface area contributed by atoms with Gasteiger partial charge in [0.2, 0.25) is 11.7 Å². The molecule has 0 unspecified atom stereocenters. The summed E-state index contributed by atoms with van der Waals surface area (Å²) in [7, 11) is 0. The van der Waals surface area contributed by atoms with Crippen LogP contribution in [0.5, 0.6) is 0 Å². The predicted molar refractivity (Wildman–Crippen MR) is 89.9 cm³/mol. The lowest BCUT2D eigenvalue weighted by Gasteiger charge is -2.11. The number of amides is 1. The molecule has 0 saturated heterocycles. The van der Waals surface area contributed by atoms with Crippen molar-refractivity contribution < 1.29 is 18.4 Å². The minimum atomic E-state index is -1.07. The van der Waals surface area contributed by atoms with Crippen molar-refractivity contribution in [3.8, 4) is 0 Å². The van der Waals surface area contributed by atoms with Gasteiger partial charge in [-0.2, -0.15) is 0 Å². The van der Waals surface area contributed by atoms with Crippen LogP contribution in [0.3, 0.4) is 0 Å². The highest BCUT2D eigenvalue weighted by molar-refractivity contribution is 6.27. The number of aromatic nitrogens is 1. The molecule has 0 aliphatic rings. The summed E-state index contributed by atoms with van der Waals surface area (Å²) in [5, 5.41) is 0. The summed E-state index contributed by atoms with van der Waals surface area (Å²) in [6, 6.07) is 11.9. The molecule has 1 amide bonds. The molecule has 2 N–H and O–H groups in total. The molecule has 3 rings (SSSR count). The number of carbonyl (C=O) groups excluding carboxylic acids is 2. The van der Waals surface area contributed by atoms with Gasteiger partial charge in [-0.3, -0.25) is 9.59 Å².